The zero-order valence-electron chi connectivity index (χ0n) is 7.03. The standard InChI is InChI=1S/C8H12N2O/c1-6-4-10(3)9-8(6)7(2)5-11/h4-5,7H,1-3H3. The summed E-state index contributed by atoms with van der Waals surface area (Å²) in [5, 5.41) is 4.17. The summed E-state index contributed by atoms with van der Waals surface area (Å²) in [6, 6.07) is 0. The Hall–Kier alpha value is -1.12. The minimum atomic E-state index is -0.0869. The van der Waals surface area contributed by atoms with E-state index in [4.69, 9.17) is 0 Å². The number of carbonyl (C=O) groups excluding carboxylic acids is 1. The second-order valence-electron chi connectivity index (χ2n) is 2.80. The van der Waals surface area contributed by atoms with Gasteiger partial charge in [-0.1, -0.05) is 6.92 Å². The van der Waals surface area contributed by atoms with E-state index in [9.17, 15) is 4.79 Å². The fourth-order valence-electron chi connectivity index (χ4n) is 1.14. The van der Waals surface area contributed by atoms with Gasteiger partial charge in [-0.05, 0) is 12.5 Å². The minimum Gasteiger partial charge on any atom is -0.303 e. The first-order valence-corrected chi connectivity index (χ1v) is 3.60. The number of aromatic nitrogens is 2. The lowest BCUT2D eigenvalue weighted by molar-refractivity contribution is -0.108. The van der Waals surface area contributed by atoms with Crippen LogP contribution in [0, 0.1) is 6.92 Å². The van der Waals surface area contributed by atoms with Crippen LogP contribution in [-0.4, -0.2) is 16.1 Å². The van der Waals surface area contributed by atoms with Gasteiger partial charge in [0, 0.05) is 13.2 Å². The second-order valence-corrected chi connectivity index (χ2v) is 2.80. The van der Waals surface area contributed by atoms with E-state index < -0.39 is 0 Å². The van der Waals surface area contributed by atoms with Crippen LogP contribution in [0.15, 0.2) is 6.20 Å². The first-order valence-electron chi connectivity index (χ1n) is 3.60. The maximum absolute atomic E-state index is 10.4. The number of aryl methyl sites for hydroxylation is 2. The molecule has 0 radical (unpaired) electrons. The highest BCUT2D eigenvalue weighted by atomic mass is 16.1. The van der Waals surface area contributed by atoms with Gasteiger partial charge in [-0.15, -0.1) is 0 Å². The number of hydrogen-bond acceptors (Lipinski definition) is 2. The maximum Gasteiger partial charge on any atom is 0.128 e. The third kappa shape index (κ3) is 1.48. The Morgan fingerprint density at radius 1 is 1.73 bits per heavy atom. The molecule has 1 heterocycles. The molecule has 1 rings (SSSR count). The summed E-state index contributed by atoms with van der Waals surface area (Å²) >= 11 is 0. The van der Waals surface area contributed by atoms with E-state index in [0.29, 0.717) is 0 Å². The molecule has 0 spiro atoms. The van der Waals surface area contributed by atoms with Crippen LogP contribution in [0.5, 0.6) is 0 Å². The second kappa shape index (κ2) is 2.86. The Morgan fingerprint density at radius 2 is 2.36 bits per heavy atom. The largest absolute Gasteiger partial charge is 0.303 e. The highest BCUT2D eigenvalue weighted by Gasteiger charge is 2.10. The summed E-state index contributed by atoms with van der Waals surface area (Å²) < 4.78 is 1.73. The number of nitrogens with zero attached hydrogens (tertiary/aromatic N) is 2. The SMILES string of the molecule is Cc1cn(C)nc1C(C)C=O. The average molecular weight is 152 g/mol. The van der Waals surface area contributed by atoms with Crippen LogP contribution in [-0.2, 0) is 11.8 Å². The third-order valence-corrected chi connectivity index (χ3v) is 1.69. The fraction of sp³-hybridized carbons (Fsp3) is 0.500. The van der Waals surface area contributed by atoms with Crippen LogP contribution in [0.1, 0.15) is 24.1 Å². The van der Waals surface area contributed by atoms with Gasteiger partial charge in [0.15, 0.2) is 0 Å². The molecule has 1 aromatic rings. The Morgan fingerprint density at radius 3 is 2.73 bits per heavy atom. The zero-order valence-corrected chi connectivity index (χ0v) is 7.03. The molecule has 0 bridgehead atoms. The van der Waals surface area contributed by atoms with E-state index in [0.717, 1.165) is 17.5 Å². The molecule has 11 heavy (non-hydrogen) atoms. The molecule has 0 saturated heterocycles. The molecular weight excluding hydrogens is 140 g/mol. The van der Waals surface area contributed by atoms with E-state index in [1.165, 1.54) is 0 Å². The van der Waals surface area contributed by atoms with E-state index in [1.807, 2.05) is 27.1 Å². The van der Waals surface area contributed by atoms with Crippen LogP contribution in [0.2, 0.25) is 0 Å². The van der Waals surface area contributed by atoms with E-state index in [-0.39, 0.29) is 5.92 Å². The van der Waals surface area contributed by atoms with Gasteiger partial charge in [-0.25, -0.2) is 0 Å². The van der Waals surface area contributed by atoms with Crippen LogP contribution in [0.25, 0.3) is 0 Å². The fourth-order valence-corrected chi connectivity index (χ4v) is 1.14. The quantitative estimate of drug-likeness (QED) is 0.593. The smallest absolute Gasteiger partial charge is 0.128 e. The van der Waals surface area contributed by atoms with Gasteiger partial charge in [0.25, 0.3) is 0 Å². The number of carbonyl (C=O) groups is 1. The summed E-state index contributed by atoms with van der Waals surface area (Å²) in [7, 11) is 1.86. The average Bonchev–Trinajstić information content (AvgIpc) is 2.28. The minimum absolute atomic E-state index is 0.0869. The predicted molar refractivity (Wildman–Crippen MR) is 42.4 cm³/mol. The van der Waals surface area contributed by atoms with Gasteiger partial charge >= 0.3 is 0 Å². The first-order chi connectivity index (χ1) is 5.15. The Kier molecular flexibility index (Phi) is 2.08. The van der Waals surface area contributed by atoms with Crippen molar-refractivity contribution in [3.8, 4) is 0 Å². The highest BCUT2D eigenvalue weighted by molar-refractivity contribution is 5.60. The van der Waals surface area contributed by atoms with Crippen molar-refractivity contribution >= 4 is 6.29 Å². The molecule has 0 saturated carbocycles. The summed E-state index contributed by atoms with van der Waals surface area (Å²) in [6.07, 6.45) is 2.82. The zero-order chi connectivity index (χ0) is 8.43. The summed E-state index contributed by atoms with van der Waals surface area (Å²) in [4.78, 5) is 10.4. The van der Waals surface area contributed by atoms with Crippen molar-refractivity contribution in [2.24, 2.45) is 7.05 Å². The molecule has 1 aromatic heterocycles. The molecule has 60 valence electrons. The van der Waals surface area contributed by atoms with Crippen molar-refractivity contribution in [2.45, 2.75) is 19.8 Å². The Bertz CT molecular complexity index is 265. The molecule has 0 amide bonds. The predicted octanol–water partition coefficient (Wildman–Crippen LogP) is 1.03. The Balaban J connectivity index is 3.02. The van der Waals surface area contributed by atoms with Gasteiger partial charge in [-0.3, -0.25) is 4.68 Å². The van der Waals surface area contributed by atoms with Crippen molar-refractivity contribution in [1.29, 1.82) is 0 Å². The van der Waals surface area contributed by atoms with Crippen molar-refractivity contribution in [3.63, 3.8) is 0 Å². The van der Waals surface area contributed by atoms with Crippen LogP contribution >= 0.6 is 0 Å². The van der Waals surface area contributed by atoms with Crippen molar-refractivity contribution in [1.82, 2.24) is 9.78 Å². The van der Waals surface area contributed by atoms with Crippen molar-refractivity contribution < 1.29 is 4.79 Å². The maximum atomic E-state index is 10.4. The van der Waals surface area contributed by atoms with E-state index >= 15 is 0 Å². The number of hydrogen-bond donors (Lipinski definition) is 0. The monoisotopic (exact) mass is 152 g/mol. The number of aldehydes is 1. The highest BCUT2D eigenvalue weighted by Crippen LogP contribution is 2.14. The molecule has 3 nitrogen and oxygen atoms in total. The van der Waals surface area contributed by atoms with Gasteiger partial charge in [0.2, 0.25) is 0 Å². The van der Waals surface area contributed by atoms with Crippen LogP contribution < -0.4 is 0 Å². The molecule has 1 unspecified atom stereocenters. The summed E-state index contributed by atoms with van der Waals surface area (Å²) in [5.41, 5.74) is 1.95. The summed E-state index contributed by atoms with van der Waals surface area (Å²) in [5.74, 6) is -0.0869. The van der Waals surface area contributed by atoms with Crippen molar-refractivity contribution in [3.05, 3.63) is 17.5 Å². The van der Waals surface area contributed by atoms with Crippen molar-refractivity contribution in [2.75, 3.05) is 0 Å². The van der Waals surface area contributed by atoms with Gasteiger partial charge in [0.1, 0.15) is 6.29 Å². The lowest BCUT2D eigenvalue weighted by atomic mass is 10.1. The molecule has 3 heteroatoms. The molecule has 1 atom stereocenters. The molecule has 0 aromatic carbocycles. The normalized spacial score (nSPS) is 13.0. The number of rotatable bonds is 2. The third-order valence-electron chi connectivity index (χ3n) is 1.69. The summed E-state index contributed by atoms with van der Waals surface area (Å²) in [6.45, 7) is 3.81. The lowest BCUT2D eigenvalue weighted by Gasteiger charge is -1.97. The molecule has 0 aliphatic rings. The first kappa shape index (κ1) is 7.98. The molecule has 0 aliphatic carbocycles. The van der Waals surface area contributed by atoms with E-state index in [1.54, 1.807) is 4.68 Å². The van der Waals surface area contributed by atoms with Crippen LogP contribution in [0.4, 0.5) is 0 Å². The van der Waals surface area contributed by atoms with Gasteiger partial charge in [-0.2, -0.15) is 5.10 Å². The topological polar surface area (TPSA) is 34.9 Å². The molecule has 0 fully saturated rings. The van der Waals surface area contributed by atoms with Gasteiger partial charge < -0.3 is 4.79 Å². The molecular formula is C8H12N2O. The Labute approximate surface area is 66.0 Å². The molecule has 0 aliphatic heterocycles. The van der Waals surface area contributed by atoms with Crippen LogP contribution in [0.3, 0.4) is 0 Å². The van der Waals surface area contributed by atoms with Gasteiger partial charge in [0.05, 0.1) is 11.6 Å². The lowest BCUT2D eigenvalue weighted by Crippen LogP contribution is -1.98. The molecule has 0 N–H and O–H groups in total. The van der Waals surface area contributed by atoms with E-state index in [2.05, 4.69) is 5.10 Å².